The zero-order chi connectivity index (χ0) is 45.2. The van der Waals surface area contributed by atoms with Gasteiger partial charge in [0.2, 0.25) is 0 Å². The molecule has 0 heteroatoms. The van der Waals surface area contributed by atoms with Crippen molar-refractivity contribution in [3.8, 4) is 33.4 Å². The van der Waals surface area contributed by atoms with Crippen LogP contribution in [0.1, 0.15) is 105 Å². The van der Waals surface area contributed by atoms with Gasteiger partial charge in [0.25, 0.3) is 0 Å². The van der Waals surface area contributed by atoms with Crippen molar-refractivity contribution in [2.75, 3.05) is 0 Å². The van der Waals surface area contributed by atoms with E-state index in [1.165, 1.54) is 112 Å². The molecule has 0 fully saturated rings. The largest absolute Gasteiger partial charge is 0.0656 e. The quantitative estimate of drug-likeness (QED) is 0.157. The van der Waals surface area contributed by atoms with Gasteiger partial charge in [-0.25, -0.2) is 0 Å². The van der Waals surface area contributed by atoms with Crippen LogP contribution in [-0.4, -0.2) is 0 Å². The molecule has 10 rings (SSSR count). The molecule has 0 heterocycles. The van der Waals surface area contributed by atoms with Gasteiger partial charge in [-0.3, -0.25) is 0 Å². The molecule has 1 aliphatic carbocycles. The van der Waals surface area contributed by atoms with E-state index in [0.29, 0.717) is 5.92 Å². The van der Waals surface area contributed by atoms with Gasteiger partial charge in [0.15, 0.2) is 0 Å². The first-order valence-corrected chi connectivity index (χ1v) is 23.4. The van der Waals surface area contributed by atoms with Gasteiger partial charge < -0.3 is 0 Å². The van der Waals surface area contributed by atoms with E-state index in [-0.39, 0.29) is 5.41 Å². The summed E-state index contributed by atoms with van der Waals surface area (Å²) in [6.07, 6.45) is 3.39. The lowest BCUT2D eigenvalue weighted by Crippen LogP contribution is -2.15. The van der Waals surface area contributed by atoms with Crippen molar-refractivity contribution in [2.45, 2.75) is 92.9 Å². The number of rotatable bonds is 6. The summed E-state index contributed by atoms with van der Waals surface area (Å²) < 4.78 is 0. The lowest BCUT2D eigenvalue weighted by atomic mass is 9.81. The summed E-state index contributed by atoms with van der Waals surface area (Å²) >= 11 is 0. The molecule has 0 radical (unpaired) electrons. The second-order valence-electron chi connectivity index (χ2n) is 18.2. The summed E-state index contributed by atoms with van der Waals surface area (Å²) in [6.45, 7) is 20.1. The zero-order valence-electron chi connectivity index (χ0n) is 39.7. The van der Waals surface area contributed by atoms with Gasteiger partial charge in [0.1, 0.15) is 0 Å². The van der Waals surface area contributed by atoms with Crippen molar-refractivity contribution in [2.24, 2.45) is 0 Å². The third kappa shape index (κ3) is 10.1. The maximum Gasteiger partial charge on any atom is 0.0159 e. The predicted molar refractivity (Wildman–Crippen MR) is 281 cm³/mol. The smallest absolute Gasteiger partial charge is 0.0159 e. The first-order valence-electron chi connectivity index (χ1n) is 23.4. The Labute approximate surface area is 384 Å². The fourth-order valence-electron chi connectivity index (χ4n) is 9.16. The fourth-order valence-corrected chi connectivity index (χ4v) is 9.16. The van der Waals surface area contributed by atoms with E-state index >= 15 is 0 Å². The Morgan fingerprint density at radius 2 is 0.969 bits per heavy atom. The normalized spacial score (nSPS) is 12.4. The second kappa shape index (κ2) is 20.8. The minimum atomic E-state index is 0.0610. The van der Waals surface area contributed by atoms with E-state index in [2.05, 4.69) is 250 Å². The average molecular weight is 835 g/mol. The maximum absolute atomic E-state index is 2.44. The van der Waals surface area contributed by atoms with E-state index in [0.717, 1.165) is 6.42 Å². The monoisotopic (exact) mass is 835 g/mol. The highest BCUT2D eigenvalue weighted by Gasteiger charge is 2.35. The molecule has 322 valence electrons. The predicted octanol–water partition coefficient (Wildman–Crippen LogP) is 18.5. The van der Waals surface area contributed by atoms with Crippen LogP contribution in [0.4, 0.5) is 0 Å². The standard InChI is InChI=1S/C27H24.C21H22.C13H12.C3H8/c1-18-11-13-23-24-14-12-19(17-26(24)27(2,3)25(23)15-18)16-21-9-6-8-20-7-4-5-10-22(20)21;1-4-15(2)18-10-7-8-12-21(18)20-14-13-17-9-5-6-11-19(17)16(20)3;1-11-7-9-13(10-8-11)12-5-3-2-4-6-12;1-3-2/h4-15,17H,16H2,1-3H3;5-15H,4H2,1-3H3;2-10H,1H3;3H2,1-2H3. The van der Waals surface area contributed by atoms with Crippen LogP contribution < -0.4 is 0 Å². The highest BCUT2D eigenvalue weighted by Crippen LogP contribution is 2.49. The molecular formula is C64H66. The molecule has 9 aromatic carbocycles. The molecule has 0 spiro atoms. The summed E-state index contributed by atoms with van der Waals surface area (Å²) in [5, 5.41) is 5.35. The number of hydrogen-bond acceptors (Lipinski definition) is 0. The number of hydrogen-bond donors (Lipinski definition) is 0. The minimum absolute atomic E-state index is 0.0610. The molecule has 0 saturated heterocycles. The van der Waals surface area contributed by atoms with Crippen LogP contribution in [0, 0.1) is 20.8 Å². The van der Waals surface area contributed by atoms with Crippen molar-refractivity contribution in [1.29, 1.82) is 0 Å². The van der Waals surface area contributed by atoms with Crippen molar-refractivity contribution in [3.63, 3.8) is 0 Å². The molecule has 64 heavy (non-hydrogen) atoms. The first-order chi connectivity index (χ1) is 31.0. The molecule has 1 aliphatic rings. The average Bonchev–Trinajstić information content (AvgIpc) is 3.54. The summed E-state index contributed by atoms with van der Waals surface area (Å²) in [4.78, 5) is 0. The Bertz CT molecular complexity index is 2940. The van der Waals surface area contributed by atoms with E-state index in [1.54, 1.807) is 0 Å². The first kappa shape index (κ1) is 45.5. The number of aryl methyl sites for hydroxylation is 3. The number of benzene rings is 9. The van der Waals surface area contributed by atoms with Gasteiger partial charge in [-0.05, 0) is 128 Å². The van der Waals surface area contributed by atoms with Crippen LogP contribution in [0.15, 0.2) is 194 Å². The SMILES string of the molecule is CCC.CCC(C)c1ccccc1-c1ccc2ccccc2c1C.Cc1ccc(-c2ccccc2)cc1.Cc1ccc2c(c1)C(C)(C)c1cc(Cc3cccc4ccccc34)ccc1-2. The Morgan fingerprint density at radius 1 is 0.438 bits per heavy atom. The van der Waals surface area contributed by atoms with Crippen LogP contribution in [0.5, 0.6) is 0 Å². The molecule has 0 bridgehead atoms. The maximum atomic E-state index is 2.44. The van der Waals surface area contributed by atoms with Gasteiger partial charge in [0, 0.05) is 5.41 Å². The Balaban J connectivity index is 0.000000147. The molecule has 1 unspecified atom stereocenters. The van der Waals surface area contributed by atoms with E-state index in [9.17, 15) is 0 Å². The molecule has 0 N–H and O–H groups in total. The Kier molecular flexibility index (Phi) is 14.8. The van der Waals surface area contributed by atoms with Gasteiger partial charge in [-0.1, -0.05) is 253 Å². The van der Waals surface area contributed by atoms with Gasteiger partial charge in [0.05, 0.1) is 0 Å². The third-order valence-corrected chi connectivity index (χ3v) is 12.9. The van der Waals surface area contributed by atoms with E-state index in [1.807, 2.05) is 6.07 Å². The molecular weight excluding hydrogens is 769 g/mol. The molecule has 0 aromatic heterocycles. The molecule has 1 atom stereocenters. The molecule has 0 aliphatic heterocycles. The van der Waals surface area contributed by atoms with Crippen molar-refractivity contribution in [1.82, 2.24) is 0 Å². The minimum Gasteiger partial charge on any atom is -0.0656 e. The number of fused-ring (bicyclic) bond motifs is 5. The van der Waals surface area contributed by atoms with E-state index < -0.39 is 0 Å². The van der Waals surface area contributed by atoms with Crippen LogP contribution in [-0.2, 0) is 11.8 Å². The molecule has 0 saturated carbocycles. The van der Waals surface area contributed by atoms with Crippen molar-refractivity contribution in [3.05, 3.63) is 239 Å². The van der Waals surface area contributed by atoms with Crippen molar-refractivity contribution >= 4 is 21.5 Å². The van der Waals surface area contributed by atoms with Gasteiger partial charge in [-0.2, -0.15) is 0 Å². The summed E-state index contributed by atoms with van der Waals surface area (Å²) in [5.74, 6) is 0.590. The third-order valence-electron chi connectivity index (χ3n) is 12.9. The topological polar surface area (TPSA) is 0 Å². The highest BCUT2D eigenvalue weighted by molar-refractivity contribution is 5.92. The van der Waals surface area contributed by atoms with Crippen LogP contribution in [0.2, 0.25) is 0 Å². The lowest BCUT2D eigenvalue weighted by Gasteiger charge is -2.22. The summed E-state index contributed by atoms with van der Waals surface area (Å²) in [6, 6.07) is 70.3. The van der Waals surface area contributed by atoms with Crippen LogP contribution >= 0.6 is 0 Å². The molecule has 0 nitrogen and oxygen atoms in total. The van der Waals surface area contributed by atoms with Gasteiger partial charge >= 0.3 is 0 Å². The zero-order valence-corrected chi connectivity index (χ0v) is 39.7. The van der Waals surface area contributed by atoms with Crippen molar-refractivity contribution < 1.29 is 0 Å². The Morgan fingerprint density at radius 3 is 1.67 bits per heavy atom. The lowest BCUT2D eigenvalue weighted by molar-refractivity contribution is 0.659. The van der Waals surface area contributed by atoms with E-state index in [4.69, 9.17) is 0 Å². The Hall–Kier alpha value is -6.50. The van der Waals surface area contributed by atoms with Crippen LogP contribution in [0.25, 0.3) is 54.9 Å². The summed E-state index contributed by atoms with van der Waals surface area (Å²) in [5.41, 5.74) is 19.4. The molecule has 0 amide bonds. The highest BCUT2D eigenvalue weighted by atomic mass is 14.4. The summed E-state index contributed by atoms with van der Waals surface area (Å²) in [7, 11) is 0. The fraction of sp³-hybridized carbons (Fsp3) is 0.219. The molecule has 9 aromatic rings. The van der Waals surface area contributed by atoms with Gasteiger partial charge in [-0.15, -0.1) is 0 Å². The van der Waals surface area contributed by atoms with Crippen LogP contribution in [0.3, 0.4) is 0 Å². The second-order valence-corrected chi connectivity index (χ2v) is 18.2.